The van der Waals surface area contributed by atoms with E-state index in [9.17, 15) is 0 Å². The summed E-state index contributed by atoms with van der Waals surface area (Å²) in [6, 6.07) is 25.1. The normalized spacial score (nSPS) is 10.9. The van der Waals surface area contributed by atoms with Crippen LogP contribution in [-0.2, 0) is 6.42 Å². The van der Waals surface area contributed by atoms with Crippen molar-refractivity contribution in [2.24, 2.45) is 0 Å². The van der Waals surface area contributed by atoms with Crippen molar-refractivity contribution >= 4 is 0 Å². The van der Waals surface area contributed by atoms with E-state index in [1.54, 1.807) is 0 Å². The molecule has 3 aromatic rings. The first-order valence-corrected chi connectivity index (χ1v) is 10.8. The Kier molecular flexibility index (Phi) is 9.25. The van der Waals surface area contributed by atoms with Crippen molar-refractivity contribution < 1.29 is 33.3 Å². The van der Waals surface area contributed by atoms with Crippen LogP contribution in [0.1, 0.15) is 38.2 Å². The van der Waals surface area contributed by atoms with Gasteiger partial charge >= 0.3 is 11.5 Å². The molecule has 0 fully saturated rings. The maximum Gasteiger partial charge on any atom is 0.361 e. The topological polar surface area (TPSA) is 104 Å². The molecule has 0 aliphatic heterocycles. The number of rotatable bonds is 7. The zero-order valence-electron chi connectivity index (χ0n) is 16.4. The van der Waals surface area contributed by atoms with Crippen LogP contribution in [0.4, 0.5) is 0 Å². The van der Waals surface area contributed by atoms with Gasteiger partial charge < -0.3 is 0 Å². The molecule has 3 rings (SSSR count). The minimum atomic E-state index is -4.94. The van der Waals surface area contributed by atoms with E-state index in [4.69, 9.17) is 23.1 Å². The van der Waals surface area contributed by atoms with E-state index < -0.39 is 10.2 Å². The fourth-order valence-corrected chi connectivity index (χ4v) is 2.95. The van der Waals surface area contributed by atoms with Crippen molar-refractivity contribution in [3.05, 3.63) is 78.4 Å². The lowest BCUT2D eigenvalue weighted by atomic mass is 10.0. The molecule has 0 amide bonds. The highest BCUT2D eigenvalue weighted by Crippen LogP contribution is 2.29. The van der Waals surface area contributed by atoms with Gasteiger partial charge in [-0.2, -0.15) is 0 Å². The average Bonchev–Trinajstić information content (AvgIpc) is 2.71. The molecular weight excluding hydrogens is 392 g/mol. The van der Waals surface area contributed by atoms with E-state index in [2.05, 4.69) is 67.6 Å². The molecule has 0 aliphatic carbocycles. The van der Waals surface area contributed by atoms with Gasteiger partial charge in [-0.1, -0.05) is 62.6 Å². The molecule has 0 atom stereocenters. The van der Waals surface area contributed by atoms with Crippen molar-refractivity contribution in [2.45, 2.75) is 39.0 Å². The third-order valence-electron chi connectivity index (χ3n) is 4.29. The quantitative estimate of drug-likeness (QED) is 0.434. The van der Waals surface area contributed by atoms with Crippen LogP contribution in [0.15, 0.2) is 77.2 Å². The molecule has 2 aromatic carbocycles. The van der Waals surface area contributed by atoms with E-state index >= 15 is 0 Å². The highest BCUT2D eigenvalue weighted by atomic mass is 35.7. The predicted octanol–water partition coefficient (Wildman–Crippen LogP) is 2.26. The molecule has 5 nitrogen and oxygen atoms in total. The third-order valence-corrected chi connectivity index (χ3v) is 4.29. The fourth-order valence-electron chi connectivity index (χ4n) is 2.95. The van der Waals surface area contributed by atoms with E-state index in [1.807, 2.05) is 12.1 Å². The summed E-state index contributed by atoms with van der Waals surface area (Å²) in [7, 11) is -4.94. The molecule has 154 valence electrons. The molecule has 0 spiro atoms. The number of hydrogen-bond donors (Lipinski definition) is 0. The van der Waals surface area contributed by atoms with Crippen molar-refractivity contribution in [2.75, 3.05) is 0 Å². The van der Waals surface area contributed by atoms with Crippen LogP contribution in [-0.4, -0.2) is 0 Å². The Morgan fingerprint density at radius 1 is 0.690 bits per heavy atom. The van der Waals surface area contributed by atoms with Crippen LogP contribution in [0, 0.1) is 10.2 Å². The first-order chi connectivity index (χ1) is 13.9. The summed E-state index contributed by atoms with van der Waals surface area (Å²) in [6.45, 7) is 2.25. The van der Waals surface area contributed by atoms with Crippen LogP contribution < -0.4 is 18.6 Å². The van der Waals surface area contributed by atoms with Crippen LogP contribution >= 0.6 is 0 Å². The summed E-state index contributed by atoms with van der Waals surface area (Å²) in [5.74, 6) is 1.89. The number of hydrogen-bond acceptors (Lipinski definition) is 4. The Morgan fingerprint density at radius 3 is 1.55 bits per heavy atom. The zero-order chi connectivity index (χ0) is 21.1. The highest BCUT2D eigenvalue weighted by molar-refractivity contribution is 5.64. The van der Waals surface area contributed by atoms with Gasteiger partial charge in [-0.3, -0.25) is 0 Å². The van der Waals surface area contributed by atoms with Gasteiger partial charge in [0, 0.05) is 12.1 Å². The standard InChI is InChI=1S/C23H25O.ClHO4/c1-2-3-4-7-12-19-17-22(20-13-8-5-9-14-20)24-23(18-19)21-15-10-6-11-16-21;2-1(3,4)5/h5-6,8-11,13-18H,2-4,7,12H2,1H3;(H,2,3,4,5)/q+1;/p-1. The molecule has 29 heavy (non-hydrogen) atoms. The van der Waals surface area contributed by atoms with Crippen LogP contribution in [0.25, 0.3) is 22.6 Å². The molecule has 0 bridgehead atoms. The highest BCUT2D eigenvalue weighted by Gasteiger charge is 2.19. The molecule has 0 radical (unpaired) electrons. The molecular formula is C23H25ClO5. The summed E-state index contributed by atoms with van der Waals surface area (Å²) in [5, 5.41) is 0. The zero-order valence-corrected chi connectivity index (χ0v) is 17.1. The first kappa shape index (κ1) is 23.0. The van der Waals surface area contributed by atoms with Gasteiger partial charge in [0.15, 0.2) is 0 Å². The van der Waals surface area contributed by atoms with E-state index in [-0.39, 0.29) is 0 Å². The van der Waals surface area contributed by atoms with E-state index in [0.717, 1.165) is 29.1 Å². The number of unbranched alkanes of at least 4 members (excludes halogenated alkanes) is 3. The molecule has 0 saturated carbocycles. The maximum atomic E-state index is 8.49. The number of halogens is 1. The molecule has 6 heteroatoms. The lowest BCUT2D eigenvalue weighted by molar-refractivity contribution is -2.00. The van der Waals surface area contributed by atoms with Crippen LogP contribution in [0.5, 0.6) is 0 Å². The van der Waals surface area contributed by atoms with E-state index in [0.29, 0.717) is 0 Å². The minimum absolute atomic E-state index is 0.947. The van der Waals surface area contributed by atoms with Gasteiger partial charge in [0.2, 0.25) is 0 Å². The van der Waals surface area contributed by atoms with Gasteiger partial charge in [0.05, 0.1) is 11.1 Å². The van der Waals surface area contributed by atoms with Gasteiger partial charge in [-0.05, 0) is 42.7 Å². The second-order valence-electron chi connectivity index (χ2n) is 6.61. The Hall–Kier alpha value is -2.28. The lowest BCUT2D eigenvalue weighted by Gasteiger charge is -2.17. The predicted molar refractivity (Wildman–Crippen MR) is 102 cm³/mol. The Bertz CT molecular complexity index is 784. The summed E-state index contributed by atoms with van der Waals surface area (Å²) in [4.78, 5) is 0. The molecule has 0 aliphatic rings. The van der Waals surface area contributed by atoms with Crippen molar-refractivity contribution in [3.8, 4) is 22.6 Å². The van der Waals surface area contributed by atoms with Gasteiger partial charge in [-0.15, -0.1) is 10.2 Å². The summed E-state index contributed by atoms with van der Waals surface area (Å²) in [5.41, 5.74) is 3.62. The van der Waals surface area contributed by atoms with Crippen molar-refractivity contribution in [1.29, 1.82) is 0 Å². The molecule has 1 heterocycles. The largest absolute Gasteiger partial charge is 0.361 e. The third kappa shape index (κ3) is 9.17. The Morgan fingerprint density at radius 2 is 1.14 bits per heavy atom. The van der Waals surface area contributed by atoms with E-state index in [1.165, 1.54) is 31.2 Å². The van der Waals surface area contributed by atoms with Gasteiger partial charge in [0.1, 0.15) is 0 Å². The summed E-state index contributed by atoms with van der Waals surface area (Å²) >= 11 is 0. The lowest BCUT2D eigenvalue weighted by Crippen LogP contribution is -2.68. The molecule has 0 saturated heterocycles. The Labute approximate surface area is 173 Å². The monoisotopic (exact) mass is 416 g/mol. The fraction of sp³-hybridized carbons (Fsp3) is 0.261. The molecule has 0 N–H and O–H groups in total. The van der Waals surface area contributed by atoms with Crippen LogP contribution in [0.2, 0.25) is 0 Å². The van der Waals surface area contributed by atoms with Crippen molar-refractivity contribution in [3.63, 3.8) is 0 Å². The Balaban J connectivity index is 0.000000537. The second kappa shape index (κ2) is 11.7. The minimum Gasteiger partial charge on any atom is -0.222 e. The number of aryl methyl sites for hydroxylation is 1. The van der Waals surface area contributed by atoms with Gasteiger partial charge in [-0.25, -0.2) is 23.1 Å². The SMILES string of the molecule is CCCCCCc1cc(-c2ccccc2)[o+]c(-c2ccccc2)c1.[O-][Cl+3]([O-])([O-])[O-]. The maximum absolute atomic E-state index is 8.49. The molecule has 1 aromatic heterocycles. The number of benzene rings is 2. The average molecular weight is 417 g/mol. The van der Waals surface area contributed by atoms with Crippen LogP contribution in [0.3, 0.4) is 0 Å². The van der Waals surface area contributed by atoms with Gasteiger partial charge in [0.25, 0.3) is 0 Å². The van der Waals surface area contributed by atoms with Crippen molar-refractivity contribution in [1.82, 2.24) is 0 Å². The smallest absolute Gasteiger partial charge is 0.222 e. The second-order valence-corrected chi connectivity index (χ2v) is 7.37. The molecule has 0 unspecified atom stereocenters. The summed E-state index contributed by atoms with van der Waals surface area (Å²) in [6.07, 6.45) is 6.23. The first-order valence-electron chi connectivity index (χ1n) is 9.56. The summed E-state index contributed by atoms with van der Waals surface area (Å²) < 4.78 is 40.2.